The van der Waals surface area contributed by atoms with Gasteiger partial charge in [-0.05, 0) is 31.1 Å². The summed E-state index contributed by atoms with van der Waals surface area (Å²) in [6, 6.07) is 10.0. The van der Waals surface area contributed by atoms with Crippen LogP contribution in [0.2, 0.25) is 0 Å². The van der Waals surface area contributed by atoms with Crippen molar-refractivity contribution < 1.29 is 23.7 Å². The number of carbonyl (C=O) groups excluding carboxylic acids is 1. The van der Waals surface area contributed by atoms with Gasteiger partial charge in [-0.3, -0.25) is 4.79 Å². The van der Waals surface area contributed by atoms with Crippen LogP contribution in [0, 0.1) is 11.8 Å². The highest BCUT2D eigenvalue weighted by atomic mass is 16.8. The van der Waals surface area contributed by atoms with Gasteiger partial charge in [-0.15, -0.1) is 0 Å². The van der Waals surface area contributed by atoms with Gasteiger partial charge < -0.3 is 18.9 Å². The van der Waals surface area contributed by atoms with Crippen molar-refractivity contribution in [1.29, 1.82) is 0 Å². The van der Waals surface area contributed by atoms with E-state index in [-0.39, 0.29) is 23.7 Å². The molecule has 3 unspecified atom stereocenters. The molecule has 2 bridgehead atoms. The first-order valence-electron chi connectivity index (χ1n) is 10.3. The first-order valence-corrected chi connectivity index (χ1v) is 10.3. The average molecular weight is 398 g/mol. The van der Waals surface area contributed by atoms with Crippen molar-refractivity contribution in [3.05, 3.63) is 59.7 Å². The summed E-state index contributed by atoms with van der Waals surface area (Å²) in [6.45, 7) is 8.07. The van der Waals surface area contributed by atoms with E-state index >= 15 is 0 Å². The van der Waals surface area contributed by atoms with E-state index in [0.29, 0.717) is 6.61 Å². The second kappa shape index (κ2) is 7.47. The number of carbonyl (C=O) groups is 1. The lowest BCUT2D eigenvalue weighted by molar-refractivity contribution is -0.190. The molecule has 0 spiro atoms. The van der Waals surface area contributed by atoms with Crippen LogP contribution in [-0.4, -0.2) is 42.6 Å². The summed E-state index contributed by atoms with van der Waals surface area (Å²) in [4.78, 5) is 12.6. The van der Waals surface area contributed by atoms with E-state index in [1.165, 1.54) is 0 Å². The van der Waals surface area contributed by atoms with Gasteiger partial charge in [-0.25, -0.2) is 0 Å². The molecule has 29 heavy (non-hydrogen) atoms. The molecule has 1 saturated heterocycles. The summed E-state index contributed by atoms with van der Waals surface area (Å²) < 4.78 is 25.0. The van der Waals surface area contributed by atoms with Crippen molar-refractivity contribution in [2.45, 2.75) is 64.0 Å². The molecule has 0 N–H and O–H groups in total. The number of hydrogen-bond acceptors (Lipinski definition) is 5. The fourth-order valence-corrected chi connectivity index (χ4v) is 4.71. The summed E-state index contributed by atoms with van der Waals surface area (Å²) in [5.41, 5.74) is 1.26. The first kappa shape index (κ1) is 20.5. The molecule has 1 aromatic carbocycles. The van der Waals surface area contributed by atoms with Crippen molar-refractivity contribution in [3.63, 3.8) is 0 Å². The molecule has 1 saturated carbocycles. The highest BCUT2D eigenvalue weighted by molar-refractivity contribution is 5.92. The van der Waals surface area contributed by atoms with Crippen molar-refractivity contribution in [2.75, 3.05) is 7.11 Å². The van der Waals surface area contributed by atoms with E-state index in [1.54, 1.807) is 13.2 Å². The van der Waals surface area contributed by atoms with Gasteiger partial charge in [-0.1, -0.05) is 56.3 Å². The molecule has 0 radical (unpaired) electrons. The molecule has 2 aliphatic carbocycles. The maximum Gasteiger partial charge on any atom is 0.164 e. The molecular formula is C24H30O5. The molecule has 4 rings (SSSR count). The Morgan fingerprint density at radius 3 is 2.62 bits per heavy atom. The maximum absolute atomic E-state index is 12.6. The third-order valence-corrected chi connectivity index (χ3v) is 6.01. The van der Waals surface area contributed by atoms with Gasteiger partial charge in [0, 0.05) is 18.9 Å². The molecular weight excluding hydrogens is 368 g/mol. The van der Waals surface area contributed by atoms with Crippen molar-refractivity contribution in [1.82, 2.24) is 0 Å². The van der Waals surface area contributed by atoms with Gasteiger partial charge in [0.25, 0.3) is 0 Å². The third kappa shape index (κ3) is 3.50. The van der Waals surface area contributed by atoms with Crippen molar-refractivity contribution in [3.8, 4) is 0 Å². The summed E-state index contributed by atoms with van der Waals surface area (Å²) in [6.07, 6.45) is 4.81. The second-order valence-electron chi connectivity index (χ2n) is 8.85. The molecule has 2 fully saturated rings. The van der Waals surface area contributed by atoms with Gasteiger partial charge in [-0.2, -0.15) is 0 Å². The standard InChI is InChI=1S/C24H30O5/c1-15(2)19(25)13-18-17-11-12-24(21(17)28-23(3,4)29-24)22(26-5)20(18)27-14-16-9-7-6-8-10-16/h6-13,15,17,20-22H,14H2,1-5H3/b18-13+/t17-,20?,21+,22?,24?/m1/s1. The number of rotatable bonds is 6. The quantitative estimate of drug-likeness (QED) is 0.539. The Labute approximate surface area is 172 Å². The summed E-state index contributed by atoms with van der Waals surface area (Å²) in [5, 5.41) is 0. The van der Waals surface area contributed by atoms with Gasteiger partial charge in [0.2, 0.25) is 0 Å². The van der Waals surface area contributed by atoms with E-state index in [4.69, 9.17) is 18.9 Å². The Morgan fingerprint density at radius 1 is 1.24 bits per heavy atom. The Balaban J connectivity index is 1.72. The van der Waals surface area contributed by atoms with Crippen LogP contribution in [0.5, 0.6) is 0 Å². The van der Waals surface area contributed by atoms with E-state index in [1.807, 2.05) is 64.1 Å². The minimum absolute atomic E-state index is 0.0772. The van der Waals surface area contributed by atoms with Crippen LogP contribution < -0.4 is 0 Å². The number of methoxy groups -OCH3 is 1. The fraction of sp³-hybridized carbons (Fsp3) is 0.542. The number of ketones is 1. The lowest BCUT2D eigenvalue weighted by Crippen LogP contribution is -2.60. The summed E-state index contributed by atoms with van der Waals surface area (Å²) in [5.74, 6) is -0.820. The minimum atomic E-state index is -0.730. The van der Waals surface area contributed by atoms with E-state index < -0.39 is 23.6 Å². The topological polar surface area (TPSA) is 54.0 Å². The van der Waals surface area contributed by atoms with Crippen LogP contribution in [0.3, 0.4) is 0 Å². The Bertz CT molecular complexity index is 825. The van der Waals surface area contributed by atoms with Crippen LogP contribution in [0.15, 0.2) is 54.1 Å². The Hall–Kier alpha value is -1.79. The minimum Gasteiger partial charge on any atom is -0.375 e. The van der Waals surface area contributed by atoms with Crippen LogP contribution in [-0.2, 0) is 30.3 Å². The molecule has 5 atom stereocenters. The molecule has 156 valence electrons. The van der Waals surface area contributed by atoms with E-state index in [2.05, 4.69) is 6.08 Å². The second-order valence-corrected chi connectivity index (χ2v) is 8.85. The average Bonchev–Trinajstić information content (AvgIpc) is 3.10. The first-order chi connectivity index (χ1) is 13.8. The zero-order valence-electron chi connectivity index (χ0n) is 17.8. The van der Waals surface area contributed by atoms with Crippen LogP contribution in [0.4, 0.5) is 0 Å². The predicted molar refractivity (Wildman–Crippen MR) is 109 cm³/mol. The normalized spacial score (nSPS) is 36.0. The van der Waals surface area contributed by atoms with Gasteiger partial charge in [0.05, 0.1) is 6.61 Å². The third-order valence-electron chi connectivity index (χ3n) is 6.01. The lowest BCUT2D eigenvalue weighted by Gasteiger charge is -2.45. The predicted octanol–water partition coefficient (Wildman–Crippen LogP) is 3.83. The molecule has 0 amide bonds. The lowest BCUT2D eigenvalue weighted by atomic mass is 9.73. The Morgan fingerprint density at radius 2 is 1.97 bits per heavy atom. The molecule has 3 aliphatic rings. The SMILES string of the molecule is COC1C(OCc2ccccc2)/C(=C/C(=O)C(C)C)[C@H]2C=CC13OC(C)(C)O[C@@H]23. The fourth-order valence-electron chi connectivity index (χ4n) is 4.71. The van der Waals surface area contributed by atoms with Crippen LogP contribution >= 0.6 is 0 Å². The zero-order valence-corrected chi connectivity index (χ0v) is 17.8. The van der Waals surface area contributed by atoms with Crippen LogP contribution in [0.25, 0.3) is 0 Å². The summed E-state index contributed by atoms with van der Waals surface area (Å²) >= 11 is 0. The highest BCUT2D eigenvalue weighted by Crippen LogP contribution is 2.55. The van der Waals surface area contributed by atoms with Gasteiger partial charge in [0.1, 0.15) is 23.9 Å². The molecule has 0 aromatic heterocycles. The molecule has 1 aromatic rings. The highest BCUT2D eigenvalue weighted by Gasteiger charge is 2.67. The van der Waals surface area contributed by atoms with Crippen molar-refractivity contribution >= 4 is 5.78 Å². The zero-order chi connectivity index (χ0) is 20.8. The summed E-state index contributed by atoms with van der Waals surface area (Å²) in [7, 11) is 1.67. The molecule has 1 heterocycles. The number of hydrogen-bond donors (Lipinski definition) is 0. The molecule has 1 aliphatic heterocycles. The van der Waals surface area contributed by atoms with Gasteiger partial charge >= 0.3 is 0 Å². The van der Waals surface area contributed by atoms with Crippen molar-refractivity contribution in [2.24, 2.45) is 11.8 Å². The van der Waals surface area contributed by atoms with Crippen LogP contribution in [0.1, 0.15) is 33.3 Å². The molecule has 5 heteroatoms. The maximum atomic E-state index is 12.6. The Kier molecular flexibility index (Phi) is 5.28. The monoisotopic (exact) mass is 398 g/mol. The largest absolute Gasteiger partial charge is 0.375 e. The number of allylic oxidation sites excluding steroid dienone is 1. The van der Waals surface area contributed by atoms with E-state index in [9.17, 15) is 4.79 Å². The van der Waals surface area contributed by atoms with E-state index in [0.717, 1.165) is 11.1 Å². The number of ether oxygens (including phenoxy) is 4. The molecule has 5 nitrogen and oxygen atoms in total. The van der Waals surface area contributed by atoms with Gasteiger partial charge in [0.15, 0.2) is 11.6 Å². The number of benzene rings is 1. The smallest absolute Gasteiger partial charge is 0.164 e.